The van der Waals surface area contributed by atoms with Crippen LogP contribution in [-0.4, -0.2) is 32.7 Å². The molecule has 0 saturated heterocycles. The van der Waals surface area contributed by atoms with E-state index in [1.54, 1.807) is 12.1 Å². The Labute approximate surface area is 162 Å². The van der Waals surface area contributed by atoms with E-state index in [-0.39, 0.29) is 5.91 Å². The Morgan fingerprint density at radius 2 is 1.92 bits per heavy atom. The van der Waals surface area contributed by atoms with Crippen LogP contribution in [-0.2, 0) is 11.3 Å². The van der Waals surface area contributed by atoms with E-state index in [1.165, 1.54) is 0 Å². The molecule has 0 radical (unpaired) electrons. The molecule has 1 amide bonds. The lowest BCUT2D eigenvalue weighted by Crippen LogP contribution is -3.08. The first-order valence-electron chi connectivity index (χ1n) is 8.46. The van der Waals surface area contributed by atoms with Crippen molar-refractivity contribution in [2.24, 2.45) is 0 Å². The molecular formula is C19H21Cl2N2O3+. The Morgan fingerprint density at radius 3 is 2.73 bits per heavy atom. The molecule has 3 rings (SSSR count). The number of hydrogen-bond donors (Lipinski definition) is 2. The second kappa shape index (κ2) is 8.62. The number of fused-ring (bicyclic) bond motifs is 1. The molecule has 1 unspecified atom stereocenters. The maximum absolute atomic E-state index is 12.2. The molecule has 0 aromatic heterocycles. The molecule has 0 bridgehead atoms. The van der Waals surface area contributed by atoms with Gasteiger partial charge in [0.05, 0.1) is 36.0 Å². The van der Waals surface area contributed by atoms with Crippen LogP contribution in [0.2, 0.25) is 10.0 Å². The van der Waals surface area contributed by atoms with Gasteiger partial charge >= 0.3 is 0 Å². The minimum Gasteiger partial charge on any atom is -0.489 e. The summed E-state index contributed by atoms with van der Waals surface area (Å²) in [5.41, 5.74) is 1.60. The Hall–Kier alpha value is -1.95. The monoisotopic (exact) mass is 395 g/mol. The van der Waals surface area contributed by atoms with Crippen LogP contribution in [0.5, 0.6) is 11.5 Å². The number of nitrogens with one attached hydrogen (secondary N) is 2. The molecule has 26 heavy (non-hydrogen) atoms. The number of anilines is 1. The van der Waals surface area contributed by atoms with Gasteiger partial charge in [-0.3, -0.25) is 4.79 Å². The summed E-state index contributed by atoms with van der Waals surface area (Å²) < 4.78 is 11.4. The summed E-state index contributed by atoms with van der Waals surface area (Å²) in [6, 6.07) is 11.0. The van der Waals surface area contributed by atoms with Crippen LogP contribution in [0.25, 0.3) is 0 Å². The van der Waals surface area contributed by atoms with E-state index in [4.69, 9.17) is 32.7 Å². The summed E-state index contributed by atoms with van der Waals surface area (Å²) in [5, 5.41) is 3.89. The van der Waals surface area contributed by atoms with Crippen molar-refractivity contribution in [1.82, 2.24) is 0 Å². The lowest BCUT2D eigenvalue weighted by molar-refractivity contribution is -0.885. The van der Waals surface area contributed by atoms with E-state index < -0.39 is 0 Å². The van der Waals surface area contributed by atoms with Gasteiger partial charge in [-0.25, -0.2) is 0 Å². The van der Waals surface area contributed by atoms with Crippen molar-refractivity contribution in [2.75, 3.05) is 32.1 Å². The van der Waals surface area contributed by atoms with Crippen molar-refractivity contribution < 1.29 is 19.2 Å². The molecule has 5 nitrogen and oxygen atoms in total. The van der Waals surface area contributed by atoms with Gasteiger partial charge in [0.1, 0.15) is 6.54 Å². The highest BCUT2D eigenvalue weighted by molar-refractivity contribution is 6.33. The third-order valence-corrected chi connectivity index (χ3v) is 4.59. The number of quaternary nitrogens is 1. The smallest absolute Gasteiger partial charge is 0.279 e. The van der Waals surface area contributed by atoms with Gasteiger partial charge in [0.15, 0.2) is 18.0 Å². The summed E-state index contributed by atoms with van der Waals surface area (Å²) in [5.74, 6) is 1.16. The lowest BCUT2D eigenvalue weighted by atomic mass is 10.2. The Morgan fingerprint density at radius 1 is 1.15 bits per heavy atom. The number of benzene rings is 2. The van der Waals surface area contributed by atoms with Crippen LogP contribution in [0, 0.1) is 0 Å². The van der Waals surface area contributed by atoms with Gasteiger partial charge in [-0.05, 0) is 24.3 Å². The van der Waals surface area contributed by atoms with Crippen LogP contribution < -0.4 is 19.7 Å². The van der Waals surface area contributed by atoms with Crippen molar-refractivity contribution in [1.29, 1.82) is 0 Å². The van der Waals surface area contributed by atoms with Crippen molar-refractivity contribution in [3.63, 3.8) is 0 Å². The van der Waals surface area contributed by atoms with Crippen molar-refractivity contribution >= 4 is 34.8 Å². The molecular weight excluding hydrogens is 375 g/mol. The summed E-state index contributed by atoms with van der Waals surface area (Å²) in [7, 11) is 1.95. The number of ether oxygens (including phenoxy) is 2. The fraction of sp³-hybridized carbons (Fsp3) is 0.316. The average molecular weight is 396 g/mol. The third-order valence-electron chi connectivity index (χ3n) is 3.98. The fourth-order valence-electron chi connectivity index (χ4n) is 2.83. The van der Waals surface area contributed by atoms with E-state index in [0.29, 0.717) is 53.5 Å². The van der Waals surface area contributed by atoms with E-state index in [1.807, 2.05) is 31.3 Å². The maximum Gasteiger partial charge on any atom is 0.279 e. The topological polar surface area (TPSA) is 52.0 Å². The van der Waals surface area contributed by atoms with Crippen molar-refractivity contribution in [3.8, 4) is 11.5 Å². The summed E-state index contributed by atoms with van der Waals surface area (Å²) in [6.45, 7) is 2.14. The zero-order valence-corrected chi connectivity index (χ0v) is 16.0. The standard InChI is InChI=1S/C19H20Cl2N2O3/c1-23(12-18(24)22-16-6-3-2-5-14(16)20)11-13-9-15(21)19-17(10-13)25-7-4-8-26-19/h2-3,5-6,9-10H,4,7-8,11-12H2,1H3,(H,22,24)/p+1. The number of likely N-dealkylation sites (N-methyl/N-ethyl adjacent to an activating group) is 1. The number of halogens is 2. The lowest BCUT2D eigenvalue weighted by Gasteiger charge is -2.16. The van der Waals surface area contributed by atoms with Gasteiger partial charge in [-0.15, -0.1) is 0 Å². The second-order valence-electron chi connectivity index (χ2n) is 6.29. The molecule has 2 aromatic carbocycles. The highest BCUT2D eigenvalue weighted by Crippen LogP contribution is 2.37. The van der Waals surface area contributed by atoms with Gasteiger partial charge < -0.3 is 19.7 Å². The predicted molar refractivity (Wildman–Crippen MR) is 103 cm³/mol. The fourth-order valence-corrected chi connectivity index (χ4v) is 3.30. The molecule has 1 heterocycles. The highest BCUT2D eigenvalue weighted by Gasteiger charge is 2.18. The van der Waals surface area contributed by atoms with E-state index in [9.17, 15) is 4.79 Å². The zero-order chi connectivity index (χ0) is 18.5. The molecule has 2 N–H and O–H groups in total. The van der Waals surface area contributed by atoms with Gasteiger partial charge in [-0.1, -0.05) is 35.3 Å². The Balaban J connectivity index is 1.62. The van der Waals surface area contributed by atoms with Gasteiger partial charge in [0.25, 0.3) is 5.91 Å². The van der Waals surface area contributed by atoms with Crippen LogP contribution in [0.15, 0.2) is 36.4 Å². The molecule has 0 spiro atoms. The van der Waals surface area contributed by atoms with E-state index >= 15 is 0 Å². The van der Waals surface area contributed by atoms with Crippen molar-refractivity contribution in [2.45, 2.75) is 13.0 Å². The first-order valence-corrected chi connectivity index (χ1v) is 9.22. The largest absolute Gasteiger partial charge is 0.489 e. The SMILES string of the molecule is C[NH+](CC(=O)Nc1ccccc1Cl)Cc1cc(Cl)c2c(c1)OCCCO2. The Kier molecular flexibility index (Phi) is 6.25. The molecule has 0 fully saturated rings. The molecule has 138 valence electrons. The number of para-hydroxylation sites is 1. The second-order valence-corrected chi connectivity index (χ2v) is 7.11. The number of hydrogen-bond acceptors (Lipinski definition) is 3. The molecule has 0 saturated carbocycles. The summed E-state index contributed by atoms with van der Waals surface area (Å²) in [4.78, 5) is 13.3. The van der Waals surface area contributed by atoms with Crippen molar-refractivity contribution in [3.05, 3.63) is 52.0 Å². The quantitative estimate of drug-likeness (QED) is 0.818. The molecule has 7 heteroatoms. The molecule has 2 aromatic rings. The number of carbonyl (C=O) groups is 1. The van der Waals surface area contributed by atoms with Gasteiger partial charge in [0, 0.05) is 12.0 Å². The van der Waals surface area contributed by atoms with Crippen LogP contribution >= 0.6 is 23.2 Å². The molecule has 0 aliphatic carbocycles. The van der Waals surface area contributed by atoms with Gasteiger partial charge in [0.2, 0.25) is 0 Å². The third kappa shape index (κ3) is 4.81. The van der Waals surface area contributed by atoms with Crippen LogP contribution in [0.1, 0.15) is 12.0 Å². The minimum atomic E-state index is -0.101. The van der Waals surface area contributed by atoms with Gasteiger partial charge in [-0.2, -0.15) is 0 Å². The Bertz CT molecular complexity index is 798. The average Bonchev–Trinajstić information content (AvgIpc) is 2.82. The molecule has 1 aliphatic rings. The highest BCUT2D eigenvalue weighted by atomic mass is 35.5. The first kappa shape index (κ1) is 18.8. The van der Waals surface area contributed by atoms with E-state index in [0.717, 1.165) is 16.9 Å². The molecule has 1 aliphatic heterocycles. The minimum absolute atomic E-state index is 0.101. The normalized spacial score (nSPS) is 14.4. The predicted octanol–water partition coefficient (Wildman–Crippen LogP) is 2.81. The molecule has 1 atom stereocenters. The van der Waals surface area contributed by atoms with E-state index in [2.05, 4.69) is 5.32 Å². The first-order chi connectivity index (χ1) is 12.5. The van der Waals surface area contributed by atoms with Crippen LogP contribution in [0.3, 0.4) is 0 Å². The number of rotatable bonds is 5. The van der Waals surface area contributed by atoms with Crippen LogP contribution in [0.4, 0.5) is 5.69 Å². The summed E-state index contributed by atoms with van der Waals surface area (Å²) in [6.07, 6.45) is 0.827. The number of carbonyl (C=O) groups excluding carboxylic acids is 1. The summed E-state index contributed by atoms with van der Waals surface area (Å²) >= 11 is 12.4. The zero-order valence-electron chi connectivity index (χ0n) is 14.5. The number of amides is 1. The maximum atomic E-state index is 12.2.